The summed E-state index contributed by atoms with van der Waals surface area (Å²) >= 11 is 6.08. The molecule has 1 amide bonds. The summed E-state index contributed by atoms with van der Waals surface area (Å²) in [6.45, 7) is 3.49. The molecule has 2 fully saturated rings. The van der Waals surface area contributed by atoms with E-state index < -0.39 is 0 Å². The third-order valence-corrected chi connectivity index (χ3v) is 5.66. The largest absolute Gasteiger partial charge is 0.365 e. The molecule has 9 heteroatoms. The van der Waals surface area contributed by atoms with Crippen LogP contribution in [0.15, 0.2) is 42.7 Å². The smallest absolute Gasteiger partial charge is 0.267 e. The zero-order valence-electron chi connectivity index (χ0n) is 17.9. The van der Waals surface area contributed by atoms with E-state index in [1.807, 2.05) is 18.2 Å². The van der Waals surface area contributed by atoms with Crippen LogP contribution in [0.1, 0.15) is 36.9 Å². The van der Waals surface area contributed by atoms with Gasteiger partial charge in [-0.3, -0.25) is 14.7 Å². The van der Waals surface area contributed by atoms with E-state index in [1.54, 1.807) is 18.5 Å². The molecular weight excluding hydrogens is 430 g/mol. The molecule has 0 radical (unpaired) electrons. The van der Waals surface area contributed by atoms with Gasteiger partial charge in [-0.25, -0.2) is 15.3 Å². The van der Waals surface area contributed by atoms with Crippen molar-refractivity contribution in [1.29, 1.82) is 0 Å². The topological polar surface area (TPSA) is 88.6 Å². The van der Waals surface area contributed by atoms with E-state index >= 15 is 0 Å². The summed E-state index contributed by atoms with van der Waals surface area (Å²) in [5.41, 5.74) is 4.19. The molecule has 0 saturated carbocycles. The zero-order chi connectivity index (χ0) is 22.2. The van der Waals surface area contributed by atoms with Crippen molar-refractivity contribution in [2.45, 2.75) is 44.6 Å². The standard InChI is InChI=1S/C23H28ClN5O3/c24-18-5-3-4-17(12-18)15-29-10-9-20(16-29)27-21-14-25-19(13-26-21)7-8-22(30)28-32-23-6-1-2-11-31-23/h3-5,7-8,12-14,20,23H,1-2,6,9-11,15-16H2,(H,26,27)(H,28,30)/b8-7+/t20-,23?/m1/s1. The van der Waals surface area contributed by atoms with E-state index in [0.717, 1.165) is 56.2 Å². The summed E-state index contributed by atoms with van der Waals surface area (Å²) in [5, 5.41) is 4.21. The van der Waals surface area contributed by atoms with Crippen molar-refractivity contribution in [3.05, 3.63) is 59.0 Å². The summed E-state index contributed by atoms with van der Waals surface area (Å²) in [6, 6.07) is 8.30. The molecule has 170 valence electrons. The minimum atomic E-state index is -0.372. The molecule has 2 saturated heterocycles. The molecule has 0 bridgehead atoms. The van der Waals surface area contributed by atoms with Gasteiger partial charge in [0.2, 0.25) is 0 Å². The minimum absolute atomic E-state index is 0.315. The molecule has 1 aromatic heterocycles. The van der Waals surface area contributed by atoms with Crippen LogP contribution in [0.5, 0.6) is 0 Å². The van der Waals surface area contributed by atoms with Crippen LogP contribution < -0.4 is 10.8 Å². The molecular formula is C23H28ClN5O3. The number of hydrogen-bond acceptors (Lipinski definition) is 7. The maximum atomic E-state index is 11.9. The number of hydroxylamine groups is 1. The van der Waals surface area contributed by atoms with Crippen molar-refractivity contribution < 1.29 is 14.4 Å². The molecule has 2 N–H and O–H groups in total. The number of nitrogens with one attached hydrogen (secondary N) is 2. The number of aromatic nitrogens is 2. The highest BCUT2D eigenvalue weighted by molar-refractivity contribution is 6.30. The molecule has 8 nitrogen and oxygen atoms in total. The third-order valence-electron chi connectivity index (χ3n) is 5.43. The number of hydrogen-bond donors (Lipinski definition) is 2. The number of amides is 1. The van der Waals surface area contributed by atoms with Crippen LogP contribution in [-0.2, 0) is 20.9 Å². The van der Waals surface area contributed by atoms with Crippen LogP contribution in [0.3, 0.4) is 0 Å². The van der Waals surface area contributed by atoms with E-state index in [2.05, 4.69) is 31.7 Å². The summed E-state index contributed by atoms with van der Waals surface area (Å²) < 4.78 is 5.40. The van der Waals surface area contributed by atoms with E-state index in [-0.39, 0.29) is 12.2 Å². The van der Waals surface area contributed by atoms with Gasteiger partial charge in [-0.15, -0.1) is 0 Å². The Morgan fingerprint density at radius 1 is 1.28 bits per heavy atom. The molecule has 0 aliphatic carbocycles. The monoisotopic (exact) mass is 457 g/mol. The Labute approximate surface area is 192 Å². The van der Waals surface area contributed by atoms with Gasteiger partial charge in [-0.05, 0) is 43.0 Å². The molecule has 32 heavy (non-hydrogen) atoms. The second kappa shape index (κ2) is 11.4. The van der Waals surface area contributed by atoms with Gasteiger partial charge in [0, 0.05) is 49.8 Å². The van der Waals surface area contributed by atoms with Gasteiger partial charge in [-0.1, -0.05) is 23.7 Å². The molecule has 2 aliphatic rings. The first-order valence-electron chi connectivity index (χ1n) is 10.9. The lowest BCUT2D eigenvalue weighted by atomic mass is 10.2. The van der Waals surface area contributed by atoms with Gasteiger partial charge in [0.05, 0.1) is 18.1 Å². The number of carbonyl (C=O) groups is 1. The van der Waals surface area contributed by atoms with Crippen LogP contribution in [-0.4, -0.2) is 52.8 Å². The SMILES string of the molecule is O=C(/C=C/c1cnc(N[C@@H]2CCN(Cc3cccc(Cl)c3)C2)cn1)NOC1CCCCO1. The van der Waals surface area contributed by atoms with Gasteiger partial charge in [0.25, 0.3) is 5.91 Å². The maximum Gasteiger partial charge on any atom is 0.267 e. The predicted molar refractivity (Wildman–Crippen MR) is 123 cm³/mol. The molecule has 0 spiro atoms. The zero-order valence-corrected chi connectivity index (χ0v) is 18.6. The van der Waals surface area contributed by atoms with Crippen molar-refractivity contribution >= 4 is 29.4 Å². The van der Waals surface area contributed by atoms with Crippen molar-refractivity contribution in [2.75, 3.05) is 25.0 Å². The fraction of sp³-hybridized carbons (Fsp3) is 0.435. The molecule has 1 aromatic carbocycles. The van der Waals surface area contributed by atoms with Crippen LogP contribution in [0.2, 0.25) is 5.02 Å². The first-order chi connectivity index (χ1) is 15.6. The molecule has 2 aliphatic heterocycles. The quantitative estimate of drug-likeness (QED) is 0.464. The number of likely N-dealkylation sites (tertiary alicyclic amines) is 1. The Morgan fingerprint density at radius 2 is 2.22 bits per heavy atom. The van der Waals surface area contributed by atoms with Gasteiger partial charge in [0.1, 0.15) is 5.82 Å². The molecule has 1 unspecified atom stereocenters. The highest BCUT2D eigenvalue weighted by Crippen LogP contribution is 2.18. The van der Waals surface area contributed by atoms with E-state index in [4.69, 9.17) is 21.2 Å². The summed E-state index contributed by atoms with van der Waals surface area (Å²) in [6.07, 6.45) is 9.79. The van der Waals surface area contributed by atoms with Crippen LogP contribution in [0.4, 0.5) is 5.82 Å². The Morgan fingerprint density at radius 3 is 3.00 bits per heavy atom. The lowest BCUT2D eigenvalue weighted by molar-refractivity contribution is -0.198. The normalized spacial score (nSPS) is 21.7. The van der Waals surface area contributed by atoms with Gasteiger partial charge < -0.3 is 10.1 Å². The number of rotatable bonds is 8. The average molecular weight is 458 g/mol. The highest BCUT2D eigenvalue weighted by Gasteiger charge is 2.22. The molecule has 4 rings (SSSR count). The second-order valence-electron chi connectivity index (χ2n) is 8.04. The molecule has 2 aromatic rings. The van der Waals surface area contributed by atoms with E-state index in [1.165, 1.54) is 11.6 Å². The number of benzene rings is 1. The molecule has 3 heterocycles. The van der Waals surface area contributed by atoms with Crippen LogP contribution in [0, 0.1) is 0 Å². The fourth-order valence-corrected chi connectivity index (χ4v) is 4.03. The second-order valence-corrected chi connectivity index (χ2v) is 8.47. The van der Waals surface area contributed by atoms with Crippen molar-refractivity contribution in [3.63, 3.8) is 0 Å². The van der Waals surface area contributed by atoms with Crippen LogP contribution >= 0.6 is 11.6 Å². The van der Waals surface area contributed by atoms with Gasteiger partial charge in [-0.2, -0.15) is 0 Å². The lowest BCUT2D eigenvalue weighted by Crippen LogP contribution is -2.32. The van der Waals surface area contributed by atoms with E-state index in [0.29, 0.717) is 18.3 Å². The minimum Gasteiger partial charge on any atom is -0.365 e. The number of ether oxygens (including phenoxy) is 1. The first-order valence-corrected chi connectivity index (χ1v) is 11.3. The Balaban J connectivity index is 1.20. The van der Waals surface area contributed by atoms with Crippen molar-refractivity contribution in [2.24, 2.45) is 0 Å². The maximum absolute atomic E-state index is 11.9. The van der Waals surface area contributed by atoms with Gasteiger partial charge >= 0.3 is 0 Å². The average Bonchev–Trinajstić information content (AvgIpc) is 3.24. The highest BCUT2D eigenvalue weighted by atomic mass is 35.5. The predicted octanol–water partition coefficient (Wildman–Crippen LogP) is 3.40. The van der Waals surface area contributed by atoms with E-state index in [9.17, 15) is 4.79 Å². The Hall–Kier alpha value is -2.52. The van der Waals surface area contributed by atoms with Crippen LogP contribution in [0.25, 0.3) is 6.08 Å². The third kappa shape index (κ3) is 7.00. The summed E-state index contributed by atoms with van der Waals surface area (Å²) in [4.78, 5) is 28.3. The summed E-state index contributed by atoms with van der Waals surface area (Å²) in [7, 11) is 0. The lowest BCUT2D eigenvalue weighted by Gasteiger charge is -2.21. The van der Waals surface area contributed by atoms with Gasteiger partial charge in [0.15, 0.2) is 6.29 Å². The summed E-state index contributed by atoms with van der Waals surface area (Å²) in [5.74, 6) is 0.355. The number of nitrogens with zero attached hydrogens (tertiary/aromatic N) is 3. The number of carbonyl (C=O) groups excluding carboxylic acids is 1. The number of anilines is 1. The Kier molecular flexibility index (Phi) is 8.06. The first kappa shape index (κ1) is 22.7. The number of halogens is 1. The van der Waals surface area contributed by atoms with Crippen molar-refractivity contribution in [1.82, 2.24) is 20.3 Å². The molecule has 2 atom stereocenters. The fourth-order valence-electron chi connectivity index (χ4n) is 3.82. The van der Waals surface area contributed by atoms with Crippen molar-refractivity contribution in [3.8, 4) is 0 Å². The Bertz CT molecular complexity index is 918.